The van der Waals surface area contributed by atoms with Gasteiger partial charge in [0.05, 0.1) is 11.9 Å². The van der Waals surface area contributed by atoms with Crippen molar-refractivity contribution in [3.63, 3.8) is 0 Å². The lowest BCUT2D eigenvalue weighted by atomic mass is 9.86. The first-order chi connectivity index (χ1) is 15.0. The molecule has 0 unspecified atom stereocenters. The van der Waals surface area contributed by atoms with Gasteiger partial charge in [0, 0.05) is 37.0 Å². The molecule has 0 bridgehead atoms. The van der Waals surface area contributed by atoms with Gasteiger partial charge in [-0.1, -0.05) is 6.07 Å². The maximum absolute atomic E-state index is 13.8. The molecule has 2 aliphatic rings. The maximum atomic E-state index is 13.8. The minimum atomic E-state index is -0.872. The number of rotatable bonds is 3. The monoisotopic (exact) mass is 426 g/mol. The van der Waals surface area contributed by atoms with Crippen molar-refractivity contribution in [2.45, 2.75) is 44.7 Å². The molecule has 1 aromatic carbocycles. The van der Waals surface area contributed by atoms with Crippen LogP contribution >= 0.6 is 0 Å². The fourth-order valence-electron chi connectivity index (χ4n) is 4.71. The highest BCUT2D eigenvalue weighted by Gasteiger charge is 2.30. The number of halogens is 2. The Balaban J connectivity index is 1.40. The number of nitrogens with zero attached hydrogens (tertiary/aromatic N) is 2. The van der Waals surface area contributed by atoms with Gasteiger partial charge in [-0.3, -0.25) is 9.48 Å². The molecule has 2 atom stereocenters. The van der Waals surface area contributed by atoms with Crippen molar-refractivity contribution in [2.24, 2.45) is 0 Å². The van der Waals surface area contributed by atoms with Crippen LogP contribution in [0.3, 0.4) is 0 Å². The number of aromatic nitrogens is 2. The molecule has 2 N–H and O–H groups in total. The summed E-state index contributed by atoms with van der Waals surface area (Å²) in [5.74, 6) is -1.11. The first-order valence-electron chi connectivity index (χ1n) is 10.6. The van der Waals surface area contributed by atoms with Crippen LogP contribution < -0.4 is 10.6 Å². The summed E-state index contributed by atoms with van der Waals surface area (Å²) in [6, 6.07) is 5.49. The zero-order valence-corrected chi connectivity index (χ0v) is 17.3. The zero-order chi connectivity index (χ0) is 21.5. The second-order valence-electron chi connectivity index (χ2n) is 8.30. The number of fused-ring (bicyclic) bond motifs is 3. The smallest absolute Gasteiger partial charge is 0.287 e. The molecular weight excluding hydrogens is 402 g/mol. The molecular formula is C23H24F2N4O2. The molecule has 1 amide bonds. The average molecular weight is 426 g/mol. The summed E-state index contributed by atoms with van der Waals surface area (Å²) in [6.07, 6.45) is 4.18. The fourth-order valence-corrected chi connectivity index (χ4v) is 4.71. The lowest BCUT2D eigenvalue weighted by Gasteiger charge is -2.33. The molecule has 162 valence electrons. The Labute approximate surface area is 178 Å². The lowest BCUT2D eigenvalue weighted by molar-refractivity contribution is 0.0894. The second kappa shape index (κ2) is 7.92. The van der Waals surface area contributed by atoms with Crippen LogP contribution in [0, 0.1) is 18.6 Å². The van der Waals surface area contributed by atoms with E-state index in [1.807, 2.05) is 17.8 Å². The van der Waals surface area contributed by atoms with Crippen LogP contribution in [0.15, 0.2) is 34.9 Å². The van der Waals surface area contributed by atoms with Gasteiger partial charge in [0.2, 0.25) is 0 Å². The molecule has 0 saturated carbocycles. The maximum Gasteiger partial charge on any atom is 0.287 e. The van der Waals surface area contributed by atoms with Crippen LogP contribution in [0.25, 0.3) is 11.3 Å². The molecule has 31 heavy (non-hydrogen) atoms. The summed E-state index contributed by atoms with van der Waals surface area (Å²) in [4.78, 5) is 13.1. The summed E-state index contributed by atoms with van der Waals surface area (Å²) in [5, 5.41) is 10.7. The third-order valence-corrected chi connectivity index (χ3v) is 6.25. The number of furan rings is 1. The van der Waals surface area contributed by atoms with Gasteiger partial charge in [-0.15, -0.1) is 0 Å². The van der Waals surface area contributed by atoms with Crippen molar-refractivity contribution in [2.75, 3.05) is 13.1 Å². The number of carbonyl (C=O) groups excluding carboxylic acids is 1. The number of hydrogen-bond acceptors (Lipinski definition) is 4. The standard InChI is InChI=1S/C23H24F2N4O2/c1-13-11-27-29-8-2-3-20-16(22(13)29)10-21(31-20)23(30)28-19-12-26-7-6-15(19)14-4-5-17(24)18(25)9-14/h4-5,9-11,15,19,26H,2-3,6-8,12H2,1H3,(H,28,30)/t15-,19+/m0/s1. The third kappa shape index (κ3) is 3.65. The number of piperidine rings is 1. The number of amides is 1. The molecule has 8 heteroatoms. The summed E-state index contributed by atoms with van der Waals surface area (Å²) in [5.41, 5.74) is 3.64. The molecule has 1 saturated heterocycles. The van der Waals surface area contributed by atoms with Gasteiger partial charge >= 0.3 is 0 Å². The van der Waals surface area contributed by atoms with Gasteiger partial charge in [-0.2, -0.15) is 5.10 Å². The van der Waals surface area contributed by atoms with E-state index < -0.39 is 11.6 Å². The summed E-state index contributed by atoms with van der Waals surface area (Å²) >= 11 is 0. The highest BCUT2D eigenvalue weighted by Crippen LogP contribution is 2.34. The van der Waals surface area contributed by atoms with E-state index >= 15 is 0 Å². The van der Waals surface area contributed by atoms with Crippen LogP contribution in [-0.4, -0.2) is 34.8 Å². The largest absolute Gasteiger partial charge is 0.455 e. The van der Waals surface area contributed by atoms with Gasteiger partial charge in [0.1, 0.15) is 5.76 Å². The van der Waals surface area contributed by atoms with Crippen molar-refractivity contribution >= 4 is 5.91 Å². The van der Waals surface area contributed by atoms with Gasteiger partial charge in [0.15, 0.2) is 17.4 Å². The number of nitrogens with one attached hydrogen (secondary N) is 2. The molecule has 3 aromatic rings. The molecule has 4 heterocycles. The van der Waals surface area contributed by atoms with Crippen molar-refractivity contribution in [3.05, 3.63) is 64.7 Å². The van der Waals surface area contributed by atoms with Crippen LogP contribution in [0.2, 0.25) is 0 Å². The van der Waals surface area contributed by atoms with Crippen LogP contribution in [0.4, 0.5) is 8.78 Å². The Morgan fingerprint density at radius 1 is 1.29 bits per heavy atom. The Morgan fingerprint density at radius 2 is 2.16 bits per heavy atom. The van der Waals surface area contributed by atoms with E-state index in [0.717, 1.165) is 54.6 Å². The Hall–Kier alpha value is -3.00. The van der Waals surface area contributed by atoms with E-state index in [2.05, 4.69) is 15.7 Å². The van der Waals surface area contributed by atoms with Crippen LogP contribution in [0.1, 0.15) is 46.2 Å². The lowest BCUT2D eigenvalue weighted by Crippen LogP contribution is -2.50. The van der Waals surface area contributed by atoms with E-state index in [1.54, 1.807) is 12.1 Å². The quantitative estimate of drug-likeness (QED) is 0.672. The van der Waals surface area contributed by atoms with Crippen molar-refractivity contribution in [3.8, 4) is 11.3 Å². The predicted octanol–water partition coefficient (Wildman–Crippen LogP) is 3.55. The first-order valence-corrected chi connectivity index (χ1v) is 10.6. The van der Waals surface area contributed by atoms with Gasteiger partial charge in [-0.25, -0.2) is 8.78 Å². The van der Waals surface area contributed by atoms with E-state index in [4.69, 9.17) is 4.42 Å². The fraction of sp³-hybridized carbons (Fsp3) is 0.391. The normalized spacial score (nSPS) is 20.6. The topological polar surface area (TPSA) is 72.1 Å². The highest BCUT2D eigenvalue weighted by atomic mass is 19.2. The van der Waals surface area contributed by atoms with Gasteiger partial charge in [0.25, 0.3) is 5.91 Å². The van der Waals surface area contributed by atoms with E-state index in [-0.39, 0.29) is 23.6 Å². The molecule has 0 radical (unpaired) electrons. The number of benzene rings is 1. The van der Waals surface area contributed by atoms with Gasteiger partial charge < -0.3 is 15.1 Å². The van der Waals surface area contributed by atoms with E-state index in [0.29, 0.717) is 18.5 Å². The minimum absolute atomic E-state index is 0.114. The summed E-state index contributed by atoms with van der Waals surface area (Å²) < 4.78 is 35.1. The van der Waals surface area contributed by atoms with E-state index in [9.17, 15) is 13.6 Å². The number of carbonyl (C=O) groups is 1. The number of hydrogen-bond donors (Lipinski definition) is 2. The molecule has 5 rings (SSSR count). The zero-order valence-electron chi connectivity index (χ0n) is 17.3. The van der Waals surface area contributed by atoms with Crippen LogP contribution in [-0.2, 0) is 13.0 Å². The van der Waals surface area contributed by atoms with Crippen LogP contribution in [0.5, 0.6) is 0 Å². The molecule has 2 aromatic heterocycles. The van der Waals surface area contributed by atoms with Crippen molar-refractivity contribution in [1.29, 1.82) is 0 Å². The molecule has 0 spiro atoms. The van der Waals surface area contributed by atoms with Gasteiger partial charge in [-0.05, 0) is 55.6 Å². The predicted molar refractivity (Wildman–Crippen MR) is 111 cm³/mol. The Bertz CT molecular complexity index is 1140. The molecule has 1 fully saturated rings. The summed E-state index contributed by atoms with van der Waals surface area (Å²) in [7, 11) is 0. The molecule has 2 aliphatic heterocycles. The Kier molecular flexibility index (Phi) is 5.09. The molecule has 6 nitrogen and oxygen atoms in total. The first kappa shape index (κ1) is 19.9. The second-order valence-corrected chi connectivity index (χ2v) is 8.30. The van der Waals surface area contributed by atoms with Crippen molar-refractivity contribution < 1.29 is 18.0 Å². The number of aryl methyl sites for hydroxylation is 3. The third-order valence-electron chi connectivity index (χ3n) is 6.25. The average Bonchev–Trinajstić information content (AvgIpc) is 3.29. The molecule has 0 aliphatic carbocycles. The SMILES string of the molecule is Cc1cnn2c1-c1cc(C(=O)N[C@@H]3CNCC[C@H]3c3ccc(F)c(F)c3)oc1CCC2. The Morgan fingerprint density at radius 3 is 3.00 bits per heavy atom. The highest BCUT2D eigenvalue weighted by molar-refractivity contribution is 5.93. The summed E-state index contributed by atoms with van der Waals surface area (Å²) in [6.45, 7) is 4.11. The minimum Gasteiger partial charge on any atom is -0.455 e. The van der Waals surface area contributed by atoms with Crippen molar-refractivity contribution in [1.82, 2.24) is 20.4 Å². The van der Waals surface area contributed by atoms with E-state index in [1.165, 1.54) is 6.07 Å².